The number of rotatable bonds is 7. The third kappa shape index (κ3) is 3.45. The molecular formula is C15H17N5O6. The third-order valence-corrected chi connectivity index (χ3v) is 3.59. The van der Waals surface area contributed by atoms with Crippen molar-refractivity contribution in [2.75, 3.05) is 12.3 Å². The van der Waals surface area contributed by atoms with Crippen molar-refractivity contribution in [3.8, 4) is 5.75 Å². The molecule has 138 valence electrons. The van der Waals surface area contributed by atoms with Gasteiger partial charge in [-0.3, -0.25) is 18.7 Å². The van der Waals surface area contributed by atoms with Gasteiger partial charge in [0.2, 0.25) is 11.5 Å². The van der Waals surface area contributed by atoms with E-state index in [1.807, 2.05) is 6.92 Å². The van der Waals surface area contributed by atoms with Crippen LogP contribution in [-0.2, 0) is 13.6 Å². The molecular weight excluding hydrogens is 346 g/mol. The molecule has 0 fully saturated rings. The number of nitrogens with zero attached hydrogens (tertiary/aromatic N) is 4. The van der Waals surface area contributed by atoms with Gasteiger partial charge in [-0.1, -0.05) is 6.92 Å². The molecule has 2 aromatic rings. The number of Topliss-reactive ketones (excluding diaryl/α,β-unsaturated/α-hetero) is 1. The van der Waals surface area contributed by atoms with Gasteiger partial charge in [0.05, 0.1) is 0 Å². The van der Waals surface area contributed by atoms with Gasteiger partial charge in [0.15, 0.2) is 6.61 Å². The molecule has 0 saturated carbocycles. The molecule has 2 heterocycles. The van der Waals surface area contributed by atoms with Crippen LogP contribution >= 0.6 is 0 Å². The lowest BCUT2D eigenvalue weighted by molar-refractivity contribution is -0.390. The summed E-state index contributed by atoms with van der Waals surface area (Å²) in [6, 6.07) is 2.68. The van der Waals surface area contributed by atoms with Crippen molar-refractivity contribution >= 4 is 17.4 Å². The number of nitrogens with two attached hydrogens (primary N) is 1. The van der Waals surface area contributed by atoms with Crippen molar-refractivity contribution in [3.63, 3.8) is 0 Å². The van der Waals surface area contributed by atoms with Crippen molar-refractivity contribution < 1.29 is 14.5 Å². The Morgan fingerprint density at radius 2 is 2.12 bits per heavy atom. The van der Waals surface area contributed by atoms with Crippen LogP contribution < -0.4 is 21.7 Å². The summed E-state index contributed by atoms with van der Waals surface area (Å²) in [6.07, 6.45) is 1.77. The summed E-state index contributed by atoms with van der Waals surface area (Å²) in [5, 5.41) is 10.9. The molecule has 0 saturated heterocycles. The molecule has 0 amide bonds. The van der Waals surface area contributed by atoms with E-state index in [-0.39, 0.29) is 18.1 Å². The highest BCUT2D eigenvalue weighted by Gasteiger charge is 2.23. The van der Waals surface area contributed by atoms with Crippen LogP contribution in [0.15, 0.2) is 27.9 Å². The van der Waals surface area contributed by atoms with E-state index < -0.39 is 39.9 Å². The second-order valence-electron chi connectivity index (χ2n) is 5.35. The number of aromatic nitrogens is 3. The second-order valence-corrected chi connectivity index (χ2v) is 5.35. The zero-order chi connectivity index (χ0) is 19.4. The van der Waals surface area contributed by atoms with Gasteiger partial charge in [-0.05, 0) is 28.5 Å². The minimum absolute atomic E-state index is 0.219. The first kappa shape index (κ1) is 18.8. The van der Waals surface area contributed by atoms with E-state index in [1.165, 1.54) is 25.4 Å². The van der Waals surface area contributed by atoms with Gasteiger partial charge in [0.25, 0.3) is 5.56 Å². The summed E-state index contributed by atoms with van der Waals surface area (Å²) < 4.78 is 7.06. The van der Waals surface area contributed by atoms with E-state index in [9.17, 15) is 24.5 Å². The van der Waals surface area contributed by atoms with Crippen LogP contribution in [0.4, 0.5) is 11.6 Å². The number of ether oxygens (including phenoxy) is 1. The summed E-state index contributed by atoms with van der Waals surface area (Å²) in [5.41, 5.74) is 3.96. The summed E-state index contributed by atoms with van der Waals surface area (Å²) in [5.74, 6) is -1.83. The smallest absolute Gasteiger partial charge is 0.406 e. The first-order chi connectivity index (χ1) is 12.3. The van der Waals surface area contributed by atoms with Crippen molar-refractivity contribution in [2.45, 2.75) is 19.9 Å². The molecule has 0 aliphatic carbocycles. The van der Waals surface area contributed by atoms with Crippen LogP contribution in [-0.4, -0.2) is 31.4 Å². The Kier molecular flexibility index (Phi) is 5.50. The molecule has 0 aliphatic heterocycles. The number of hydrogen-bond donors (Lipinski definition) is 1. The molecule has 0 aliphatic rings. The Labute approximate surface area is 146 Å². The average molecular weight is 363 g/mol. The van der Waals surface area contributed by atoms with E-state index in [4.69, 9.17) is 10.5 Å². The zero-order valence-corrected chi connectivity index (χ0v) is 14.2. The van der Waals surface area contributed by atoms with Gasteiger partial charge in [-0.2, -0.15) is 0 Å². The molecule has 2 aromatic heterocycles. The van der Waals surface area contributed by atoms with Gasteiger partial charge in [-0.15, -0.1) is 0 Å². The van der Waals surface area contributed by atoms with Crippen LogP contribution in [0.25, 0.3) is 0 Å². The maximum atomic E-state index is 12.4. The maximum absolute atomic E-state index is 12.4. The number of pyridine rings is 1. The zero-order valence-electron chi connectivity index (χ0n) is 14.2. The van der Waals surface area contributed by atoms with Crippen LogP contribution in [0.3, 0.4) is 0 Å². The van der Waals surface area contributed by atoms with Crippen LogP contribution in [0, 0.1) is 10.1 Å². The van der Waals surface area contributed by atoms with E-state index in [0.29, 0.717) is 6.42 Å². The number of nitro groups is 1. The molecule has 0 spiro atoms. The van der Waals surface area contributed by atoms with Crippen molar-refractivity contribution in [3.05, 3.63) is 54.8 Å². The van der Waals surface area contributed by atoms with Gasteiger partial charge in [0.1, 0.15) is 17.6 Å². The molecule has 0 bridgehead atoms. The van der Waals surface area contributed by atoms with E-state index in [0.717, 1.165) is 9.13 Å². The number of carbonyl (C=O) groups excluding carboxylic acids is 1. The Balaban J connectivity index is 2.38. The first-order valence-corrected chi connectivity index (χ1v) is 7.64. The molecule has 0 aromatic carbocycles. The van der Waals surface area contributed by atoms with Crippen LogP contribution in [0.5, 0.6) is 5.75 Å². The minimum atomic E-state index is -0.853. The van der Waals surface area contributed by atoms with Gasteiger partial charge in [-0.25, -0.2) is 4.79 Å². The lowest BCUT2D eigenvalue weighted by Gasteiger charge is -2.14. The summed E-state index contributed by atoms with van der Waals surface area (Å²) in [4.78, 5) is 50.5. The maximum Gasteiger partial charge on any atom is 0.406 e. The fourth-order valence-corrected chi connectivity index (χ4v) is 2.33. The normalized spacial score (nSPS) is 10.5. The number of anilines is 1. The quantitative estimate of drug-likeness (QED) is 0.413. The molecule has 2 N–H and O–H groups in total. The Hall–Kier alpha value is -3.50. The number of ketones is 1. The molecule has 0 radical (unpaired) electrons. The number of carbonyl (C=O) groups is 1. The van der Waals surface area contributed by atoms with Gasteiger partial charge < -0.3 is 20.6 Å². The number of hydrogen-bond acceptors (Lipinski definition) is 8. The minimum Gasteiger partial charge on any atom is -0.477 e. The molecule has 11 heteroatoms. The van der Waals surface area contributed by atoms with E-state index in [1.54, 1.807) is 0 Å². The predicted octanol–water partition coefficient (Wildman–Crippen LogP) is 0.104. The highest BCUT2D eigenvalue weighted by Crippen LogP contribution is 2.23. The third-order valence-electron chi connectivity index (χ3n) is 3.59. The molecule has 2 rings (SSSR count). The summed E-state index contributed by atoms with van der Waals surface area (Å²) >= 11 is 0. The second kappa shape index (κ2) is 7.59. The first-order valence-electron chi connectivity index (χ1n) is 7.64. The predicted molar refractivity (Wildman–Crippen MR) is 91.4 cm³/mol. The molecule has 0 atom stereocenters. The van der Waals surface area contributed by atoms with Gasteiger partial charge in [0, 0.05) is 13.6 Å². The summed E-state index contributed by atoms with van der Waals surface area (Å²) in [7, 11) is 1.24. The largest absolute Gasteiger partial charge is 0.477 e. The average Bonchev–Trinajstić information content (AvgIpc) is 2.62. The van der Waals surface area contributed by atoms with Crippen molar-refractivity contribution in [1.82, 2.24) is 14.1 Å². The topological polar surface area (TPSA) is 152 Å². The van der Waals surface area contributed by atoms with Gasteiger partial charge >= 0.3 is 11.5 Å². The summed E-state index contributed by atoms with van der Waals surface area (Å²) in [6.45, 7) is 1.37. The fraction of sp³-hybridized carbons (Fsp3) is 0.333. The van der Waals surface area contributed by atoms with Crippen molar-refractivity contribution in [2.24, 2.45) is 7.05 Å². The van der Waals surface area contributed by atoms with E-state index >= 15 is 0 Å². The Bertz CT molecular complexity index is 977. The molecule has 0 unspecified atom stereocenters. The monoisotopic (exact) mass is 363 g/mol. The highest BCUT2D eigenvalue weighted by atomic mass is 16.6. The van der Waals surface area contributed by atoms with Crippen molar-refractivity contribution in [1.29, 1.82) is 0 Å². The highest BCUT2D eigenvalue weighted by molar-refractivity contribution is 6.00. The Morgan fingerprint density at radius 3 is 2.73 bits per heavy atom. The number of nitrogen functional groups attached to an aromatic ring is 1. The van der Waals surface area contributed by atoms with Crippen LogP contribution in [0.1, 0.15) is 23.7 Å². The van der Waals surface area contributed by atoms with E-state index in [2.05, 4.69) is 4.98 Å². The molecule has 26 heavy (non-hydrogen) atoms. The Morgan fingerprint density at radius 1 is 1.42 bits per heavy atom. The fourth-order valence-electron chi connectivity index (χ4n) is 2.33. The lowest BCUT2D eigenvalue weighted by Crippen LogP contribution is -2.43. The molecule has 11 nitrogen and oxygen atoms in total. The lowest BCUT2D eigenvalue weighted by atomic mass is 10.2. The van der Waals surface area contributed by atoms with Crippen LogP contribution in [0.2, 0.25) is 0 Å². The SMILES string of the molecule is CCCn1c(N)c(C(=O)COc2cccnc2[N+](=O)[O-])c(=O)n(C)c1=O. The standard InChI is InChI=1S/C15H17N5O6/c1-3-7-19-12(16)11(14(22)18(2)15(19)23)9(21)8-26-10-5-4-6-17-13(10)20(24)25/h4-6H,3,7-8,16H2,1-2H3.